The van der Waals surface area contributed by atoms with Crippen molar-refractivity contribution in [2.45, 2.75) is 50.6 Å². The highest BCUT2D eigenvalue weighted by Gasteiger charge is 2.38. The molecule has 0 bridgehead atoms. The molecule has 1 aromatic rings. The van der Waals surface area contributed by atoms with Crippen molar-refractivity contribution in [3.8, 4) is 0 Å². The summed E-state index contributed by atoms with van der Waals surface area (Å²) in [6.45, 7) is 0. The average Bonchev–Trinajstić information content (AvgIpc) is 2.98. The van der Waals surface area contributed by atoms with Crippen LogP contribution in [-0.2, 0) is 11.2 Å². The van der Waals surface area contributed by atoms with Crippen LogP contribution in [-0.4, -0.2) is 30.0 Å². The molecule has 1 amide bonds. The van der Waals surface area contributed by atoms with E-state index in [1.165, 1.54) is 31.2 Å². The van der Waals surface area contributed by atoms with Crippen LogP contribution < -0.4 is 10.6 Å². The van der Waals surface area contributed by atoms with Crippen molar-refractivity contribution in [3.63, 3.8) is 0 Å². The number of hydrogen-bond acceptors (Lipinski definition) is 3. The molecule has 1 saturated carbocycles. The van der Waals surface area contributed by atoms with Crippen LogP contribution in [0.3, 0.4) is 0 Å². The quantitative estimate of drug-likeness (QED) is 0.873. The van der Waals surface area contributed by atoms with Gasteiger partial charge in [-0.3, -0.25) is 4.79 Å². The Kier molecular flexibility index (Phi) is 5.42. The Morgan fingerprint density at radius 2 is 2.05 bits per heavy atom. The number of rotatable bonds is 5. The highest BCUT2D eigenvalue weighted by Crippen LogP contribution is 2.33. The minimum absolute atomic E-state index is 0.00994. The molecular weight excluding hydrogens is 292 g/mol. The third-order valence-electron chi connectivity index (χ3n) is 5.00. The van der Waals surface area contributed by atoms with Gasteiger partial charge >= 0.3 is 0 Å². The Balaban J connectivity index is 1.53. The fraction of sp³-hybridized carbons (Fsp3) is 0.611. The number of nitrogens with one attached hydrogen (secondary N) is 2. The van der Waals surface area contributed by atoms with Crippen LogP contribution in [0.1, 0.15) is 37.7 Å². The number of thioether (sulfide) groups is 1. The van der Waals surface area contributed by atoms with Gasteiger partial charge in [0.2, 0.25) is 5.91 Å². The smallest absolute Gasteiger partial charge is 0.241 e. The predicted molar refractivity (Wildman–Crippen MR) is 94.4 cm³/mol. The highest BCUT2D eigenvalue weighted by atomic mass is 32.2. The van der Waals surface area contributed by atoms with E-state index in [-0.39, 0.29) is 11.9 Å². The summed E-state index contributed by atoms with van der Waals surface area (Å²) in [5.41, 5.74) is 2.24. The summed E-state index contributed by atoms with van der Waals surface area (Å²) in [5.74, 6) is 1.98. The molecule has 3 nitrogen and oxygen atoms in total. The van der Waals surface area contributed by atoms with Gasteiger partial charge in [0.05, 0.1) is 6.04 Å². The molecule has 2 N–H and O–H groups in total. The molecule has 4 heteroatoms. The molecule has 0 spiro atoms. The van der Waals surface area contributed by atoms with Crippen LogP contribution in [0.25, 0.3) is 0 Å². The van der Waals surface area contributed by atoms with E-state index in [1.807, 2.05) is 23.9 Å². The molecule has 1 aromatic carbocycles. The lowest BCUT2D eigenvalue weighted by Gasteiger charge is -2.24. The number of amides is 1. The Bertz CT molecular complexity index is 488. The van der Waals surface area contributed by atoms with Crippen molar-refractivity contribution in [2.24, 2.45) is 5.92 Å². The maximum absolute atomic E-state index is 12.4. The van der Waals surface area contributed by atoms with Crippen molar-refractivity contribution in [1.29, 1.82) is 0 Å². The van der Waals surface area contributed by atoms with Gasteiger partial charge in [0.15, 0.2) is 0 Å². The second-order valence-electron chi connectivity index (χ2n) is 6.53. The predicted octanol–water partition coefficient (Wildman–Crippen LogP) is 3.45. The minimum atomic E-state index is -0.00994. The first kappa shape index (κ1) is 15.9. The van der Waals surface area contributed by atoms with E-state index in [4.69, 9.17) is 0 Å². The van der Waals surface area contributed by atoms with E-state index >= 15 is 0 Å². The number of hydrogen-bond donors (Lipinski definition) is 2. The van der Waals surface area contributed by atoms with Crippen molar-refractivity contribution < 1.29 is 4.79 Å². The van der Waals surface area contributed by atoms with Gasteiger partial charge in [-0.2, -0.15) is 11.8 Å². The number of benzene rings is 1. The molecule has 1 heterocycles. The van der Waals surface area contributed by atoms with Crippen LogP contribution in [0.5, 0.6) is 0 Å². The van der Waals surface area contributed by atoms with Gasteiger partial charge in [0, 0.05) is 11.7 Å². The summed E-state index contributed by atoms with van der Waals surface area (Å²) in [4.78, 5) is 12.4. The summed E-state index contributed by atoms with van der Waals surface area (Å²) < 4.78 is 0. The summed E-state index contributed by atoms with van der Waals surface area (Å²) in [6.07, 6.45) is 9.37. The maximum Gasteiger partial charge on any atom is 0.241 e. The lowest BCUT2D eigenvalue weighted by molar-refractivity contribution is -0.117. The Morgan fingerprint density at radius 3 is 2.77 bits per heavy atom. The van der Waals surface area contributed by atoms with Gasteiger partial charge in [-0.1, -0.05) is 25.0 Å². The molecule has 3 atom stereocenters. The molecule has 0 radical (unpaired) electrons. The number of fused-ring (bicyclic) bond motifs is 1. The lowest BCUT2D eigenvalue weighted by atomic mass is 9.85. The first-order valence-corrected chi connectivity index (χ1v) is 9.80. The largest absolute Gasteiger partial charge is 0.325 e. The number of aryl methyl sites for hydroxylation is 1. The SMILES string of the molecule is CSCCc1ccc(NC(=O)C2CC3CCCCC3N2)cc1. The van der Waals surface area contributed by atoms with Crippen molar-refractivity contribution in [3.05, 3.63) is 29.8 Å². The van der Waals surface area contributed by atoms with E-state index < -0.39 is 0 Å². The van der Waals surface area contributed by atoms with Gasteiger partial charge in [-0.25, -0.2) is 0 Å². The third-order valence-corrected chi connectivity index (χ3v) is 5.61. The van der Waals surface area contributed by atoms with Gasteiger partial charge in [0.1, 0.15) is 0 Å². The molecule has 2 fully saturated rings. The van der Waals surface area contributed by atoms with Crippen LogP contribution in [0, 0.1) is 5.92 Å². The van der Waals surface area contributed by atoms with E-state index in [0.717, 1.165) is 24.3 Å². The lowest BCUT2D eigenvalue weighted by Crippen LogP contribution is -2.39. The van der Waals surface area contributed by atoms with Gasteiger partial charge < -0.3 is 10.6 Å². The number of anilines is 1. The summed E-state index contributed by atoms with van der Waals surface area (Å²) in [7, 11) is 0. The first-order valence-electron chi connectivity index (χ1n) is 8.41. The zero-order valence-electron chi connectivity index (χ0n) is 13.3. The van der Waals surface area contributed by atoms with Crippen LogP contribution in [0.15, 0.2) is 24.3 Å². The Morgan fingerprint density at radius 1 is 1.27 bits per heavy atom. The Labute approximate surface area is 137 Å². The monoisotopic (exact) mass is 318 g/mol. The average molecular weight is 318 g/mol. The molecule has 120 valence electrons. The zero-order chi connectivity index (χ0) is 15.4. The minimum Gasteiger partial charge on any atom is -0.325 e. The molecule has 1 aliphatic heterocycles. The summed E-state index contributed by atoms with van der Waals surface area (Å²) in [6, 6.07) is 8.84. The molecule has 22 heavy (non-hydrogen) atoms. The van der Waals surface area contributed by atoms with Crippen molar-refractivity contribution in [2.75, 3.05) is 17.3 Å². The molecule has 1 saturated heterocycles. The first-order chi connectivity index (χ1) is 10.8. The van der Waals surface area contributed by atoms with Crippen LogP contribution in [0.2, 0.25) is 0 Å². The van der Waals surface area contributed by atoms with E-state index in [1.54, 1.807) is 0 Å². The second kappa shape index (κ2) is 7.51. The molecular formula is C18H26N2OS. The van der Waals surface area contributed by atoms with Crippen LogP contribution >= 0.6 is 11.8 Å². The van der Waals surface area contributed by atoms with Gasteiger partial charge in [0.25, 0.3) is 0 Å². The van der Waals surface area contributed by atoms with E-state index in [9.17, 15) is 4.79 Å². The maximum atomic E-state index is 12.4. The van der Waals surface area contributed by atoms with Crippen molar-refractivity contribution >= 4 is 23.4 Å². The number of carbonyl (C=O) groups is 1. The fourth-order valence-corrected chi connectivity index (χ4v) is 4.16. The summed E-state index contributed by atoms with van der Waals surface area (Å²) >= 11 is 1.86. The number of carbonyl (C=O) groups excluding carboxylic acids is 1. The highest BCUT2D eigenvalue weighted by molar-refractivity contribution is 7.98. The van der Waals surface area contributed by atoms with Crippen LogP contribution in [0.4, 0.5) is 5.69 Å². The summed E-state index contributed by atoms with van der Waals surface area (Å²) in [5, 5.41) is 6.61. The molecule has 0 aromatic heterocycles. The molecule has 1 aliphatic carbocycles. The second-order valence-corrected chi connectivity index (χ2v) is 7.52. The molecule has 3 rings (SSSR count). The standard InChI is InChI=1S/C18H26N2OS/c1-22-11-10-13-6-8-15(9-7-13)19-18(21)17-12-14-4-2-3-5-16(14)20-17/h6-9,14,16-17,20H,2-5,10-12H2,1H3,(H,19,21). The van der Waals surface area contributed by atoms with Crippen molar-refractivity contribution in [1.82, 2.24) is 5.32 Å². The van der Waals surface area contributed by atoms with Gasteiger partial charge in [-0.05, 0) is 61.3 Å². The van der Waals surface area contributed by atoms with E-state index in [2.05, 4.69) is 29.0 Å². The molecule has 2 aliphatic rings. The molecule has 3 unspecified atom stereocenters. The van der Waals surface area contributed by atoms with E-state index in [0.29, 0.717) is 12.0 Å². The Hall–Kier alpha value is -1.00. The fourth-order valence-electron chi connectivity index (χ4n) is 3.73. The normalized spacial score (nSPS) is 27.4. The topological polar surface area (TPSA) is 41.1 Å². The third kappa shape index (κ3) is 3.85. The van der Waals surface area contributed by atoms with Gasteiger partial charge in [-0.15, -0.1) is 0 Å². The zero-order valence-corrected chi connectivity index (χ0v) is 14.1.